The third-order valence-corrected chi connectivity index (χ3v) is 0. The van der Waals surface area contributed by atoms with Crippen molar-refractivity contribution < 1.29 is 19.8 Å². The monoisotopic (exact) mass is 110 g/mol. The van der Waals surface area contributed by atoms with Crippen molar-refractivity contribution in [1.82, 2.24) is 6.15 Å². The first-order valence-corrected chi connectivity index (χ1v) is 0.775. The van der Waals surface area contributed by atoms with Crippen LogP contribution in [-0.2, 0) is 0 Å². The molecule has 0 aromatic heterocycles. The van der Waals surface area contributed by atoms with E-state index >= 15 is 0 Å². The molecule has 0 fully saturated rings. The number of hydrogen-bond donors (Lipinski definition) is 4. The summed E-state index contributed by atoms with van der Waals surface area (Å²) in [6.45, 7) is 0. The molecule has 0 atom stereocenters. The van der Waals surface area contributed by atoms with Gasteiger partial charge in [0.2, 0.25) is 0 Å². The molecule has 44 valence electrons. The summed E-state index contributed by atoms with van der Waals surface area (Å²) in [7, 11) is -2.17. The third-order valence-electron chi connectivity index (χ3n) is 0. The van der Waals surface area contributed by atoms with E-state index in [1.165, 1.54) is 0 Å². The zero-order valence-corrected chi connectivity index (χ0v) is 3.03. The molecule has 0 amide bonds. The third kappa shape index (κ3) is 6780000. The Morgan fingerprint density at radius 3 is 1.00 bits per heavy atom. The first-order chi connectivity index (χ1) is 1.73. The Hall–Kier alpha value is 0.00377. The topological polar surface area (TPSA) is 95.7 Å². The molecule has 0 aliphatic carbocycles. The van der Waals surface area contributed by atoms with E-state index in [-0.39, 0.29) is 21.0 Å². The molecule has 4 nitrogen and oxygen atoms in total. The van der Waals surface area contributed by atoms with Crippen molar-refractivity contribution in [3.63, 3.8) is 0 Å². The average molecular weight is 110 g/mol. The second-order valence-electron chi connectivity index (χ2n) is 0.346. The predicted octanol–water partition coefficient (Wildman–Crippen LogP) is -2.65. The summed E-state index contributed by atoms with van der Waals surface area (Å²) in [5.41, 5.74) is 0. The molecule has 7 heavy (non-hydrogen) atoms. The summed E-state index contributed by atoms with van der Waals surface area (Å²) in [6.07, 6.45) is 0. The molecular formula is H9BBeFNO3. The summed E-state index contributed by atoms with van der Waals surface area (Å²) in [5.74, 6) is 0. The SMILES string of the molecule is F.N.OB(O)O.[BeH2]. The van der Waals surface area contributed by atoms with Crippen molar-refractivity contribution in [1.29, 1.82) is 0 Å². The van der Waals surface area contributed by atoms with Gasteiger partial charge in [-0.25, -0.2) is 0 Å². The van der Waals surface area contributed by atoms with Gasteiger partial charge in [-0.2, -0.15) is 0 Å². The van der Waals surface area contributed by atoms with Crippen LogP contribution in [0.25, 0.3) is 0 Å². The molecule has 0 radical (unpaired) electrons. The Morgan fingerprint density at radius 2 is 1.00 bits per heavy atom. The van der Waals surface area contributed by atoms with Crippen LogP contribution in [0.4, 0.5) is 4.70 Å². The first kappa shape index (κ1) is 28.0. The molecule has 0 aliphatic heterocycles. The van der Waals surface area contributed by atoms with E-state index in [0.717, 1.165) is 0 Å². The zero-order chi connectivity index (χ0) is 3.58. The zero-order valence-electron chi connectivity index (χ0n) is 3.03. The van der Waals surface area contributed by atoms with Gasteiger partial charge in [0.1, 0.15) is 0 Å². The second-order valence-corrected chi connectivity index (χ2v) is 0.346. The molecule has 0 saturated carbocycles. The summed E-state index contributed by atoms with van der Waals surface area (Å²) < 4.78 is 0. The molecule has 6 N–H and O–H groups in total. The van der Waals surface area contributed by atoms with Gasteiger partial charge in [0.25, 0.3) is 0 Å². The Bertz CT molecular complexity index is 19.7. The Morgan fingerprint density at radius 1 is 1.00 bits per heavy atom. The van der Waals surface area contributed by atoms with Gasteiger partial charge in [0.05, 0.1) is 0 Å². The van der Waals surface area contributed by atoms with Gasteiger partial charge in [0.15, 0.2) is 0 Å². The van der Waals surface area contributed by atoms with E-state index in [1.54, 1.807) is 0 Å². The van der Waals surface area contributed by atoms with Gasteiger partial charge >= 0.3 is 17.4 Å². The number of rotatable bonds is 0. The molecule has 0 unspecified atom stereocenters. The van der Waals surface area contributed by atoms with E-state index < -0.39 is 7.32 Å². The molecular weight excluding hydrogens is 101 g/mol. The minimum absolute atomic E-state index is 0. The predicted molar refractivity (Wildman–Crippen MR) is 28.5 cm³/mol. The van der Waals surface area contributed by atoms with Crippen LogP contribution in [-0.4, -0.2) is 32.5 Å². The Balaban J connectivity index is -0.0000000150. The quantitative estimate of drug-likeness (QED) is 0.256. The van der Waals surface area contributed by atoms with Gasteiger partial charge in [-0.15, -0.1) is 0 Å². The fraction of sp³-hybridized carbons (Fsp3) is 0. The van der Waals surface area contributed by atoms with Gasteiger partial charge in [-0.3, -0.25) is 4.70 Å². The van der Waals surface area contributed by atoms with Crippen molar-refractivity contribution in [3.8, 4) is 0 Å². The van der Waals surface area contributed by atoms with E-state index in [4.69, 9.17) is 15.1 Å². The summed E-state index contributed by atoms with van der Waals surface area (Å²) >= 11 is 0. The summed E-state index contributed by atoms with van der Waals surface area (Å²) in [4.78, 5) is 0. The first-order valence-electron chi connectivity index (χ1n) is 0.775. The molecule has 0 rings (SSSR count). The number of hydrogen-bond acceptors (Lipinski definition) is 4. The van der Waals surface area contributed by atoms with Crippen LogP contribution in [0.3, 0.4) is 0 Å². The Labute approximate surface area is 44.5 Å². The van der Waals surface area contributed by atoms with Crippen LogP contribution in [0.5, 0.6) is 0 Å². The maximum absolute atomic E-state index is 7.17. The van der Waals surface area contributed by atoms with Crippen LogP contribution in [0.1, 0.15) is 0 Å². The molecule has 0 saturated heterocycles. The standard InChI is InChI=1S/BH3O3.Be.FH.H3N.2H/c2-1(3)4;;;;;/h2-4H;;1H;1H3;;. The van der Waals surface area contributed by atoms with Gasteiger partial charge in [-0.05, 0) is 0 Å². The Kier molecular flexibility index (Phi) is 66.6. The van der Waals surface area contributed by atoms with E-state index in [0.29, 0.717) is 0 Å². The number of halogens is 1. The molecule has 0 bridgehead atoms. The van der Waals surface area contributed by atoms with Crippen LogP contribution in [0.15, 0.2) is 0 Å². The van der Waals surface area contributed by atoms with Crippen molar-refractivity contribution in [2.24, 2.45) is 0 Å². The average Bonchev–Trinajstić information content (AvgIpc) is 0.811. The van der Waals surface area contributed by atoms with Crippen LogP contribution >= 0.6 is 0 Å². The van der Waals surface area contributed by atoms with Gasteiger partial charge in [0, 0.05) is 0 Å². The fourth-order valence-corrected chi connectivity index (χ4v) is 0. The molecule has 7 heteroatoms. The van der Waals surface area contributed by atoms with E-state index in [2.05, 4.69) is 0 Å². The van der Waals surface area contributed by atoms with Crippen molar-refractivity contribution in [3.05, 3.63) is 0 Å². The van der Waals surface area contributed by atoms with Crippen LogP contribution < -0.4 is 6.15 Å². The van der Waals surface area contributed by atoms with Gasteiger partial charge < -0.3 is 21.2 Å². The van der Waals surface area contributed by atoms with E-state index in [1.807, 2.05) is 0 Å². The second kappa shape index (κ2) is 16.7. The van der Waals surface area contributed by atoms with Gasteiger partial charge in [-0.1, -0.05) is 0 Å². The molecule has 0 aromatic rings. The molecule has 0 heterocycles. The normalized spacial score (nSPS) is 3.86. The summed E-state index contributed by atoms with van der Waals surface area (Å²) in [5, 5.41) is 21.5. The van der Waals surface area contributed by atoms with E-state index in [9.17, 15) is 0 Å². The van der Waals surface area contributed by atoms with Crippen LogP contribution in [0.2, 0.25) is 0 Å². The summed E-state index contributed by atoms with van der Waals surface area (Å²) in [6, 6.07) is 0. The van der Waals surface area contributed by atoms with Crippen LogP contribution in [0, 0.1) is 0 Å². The fourth-order valence-electron chi connectivity index (χ4n) is 0. The van der Waals surface area contributed by atoms with Crippen molar-refractivity contribution in [2.75, 3.05) is 0 Å². The van der Waals surface area contributed by atoms with Crippen molar-refractivity contribution in [2.45, 2.75) is 0 Å². The minimum atomic E-state index is -2.17. The maximum atomic E-state index is 7.17. The van der Waals surface area contributed by atoms with Crippen molar-refractivity contribution >= 4 is 17.4 Å². The molecule has 0 aromatic carbocycles. The molecule has 0 aliphatic rings. The molecule has 0 spiro atoms.